The summed E-state index contributed by atoms with van der Waals surface area (Å²) in [6.07, 6.45) is 5.54. The van der Waals surface area contributed by atoms with Crippen LogP contribution in [0.3, 0.4) is 0 Å². The average Bonchev–Trinajstić information content (AvgIpc) is 3.81. The molecule has 6 rings (SSSR count). The molecular formula is C26H34N6O6S. The summed E-state index contributed by atoms with van der Waals surface area (Å²) in [5.74, 6) is -1.62. The summed E-state index contributed by atoms with van der Waals surface area (Å²) >= 11 is 0. The topological polar surface area (TPSA) is 155 Å². The lowest BCUT2D eigenvalue weighted by molar-refractivity contribution is -0.127. The van der Waals surface area contributed by atoms with E-state index in [1.54, 1.807) is 9.80 Å². The van der Waals surface area contributed by atoms with Gasteiger partial charge in [0, 0.05) is 43.5 Å². The quantitative estimate of drug-likeness (QED) is 0.514. The molecule has 3 aliphatic heterocycles. The van der Waals surface area contributed by atoms with Crippen LogP contribution in [0.5, 0.6) is 0 Å². The number of anilines is 1. The van der Waals surface area contributed by atoms with Gasteiger partial charge in [-0.15, -0.1) is 0 Å². The van der Waals surface area contributed by atoms with Gasteiger partial charge in [0.05, 0.1) is 12.1 Å². The van der Waals surface area contributed by atoms with Gasteiger partial charge in [-0.1, -0.05) is 0 Å². The summed E-state index contributed by atoms with van der Waals surface area (Å²) in [7, 11) is -3.60. The van der Waals surface area contributed by atoms with Gasteiger partial charge in [-0.25, -0.2) is 13.1 Å². The number of hydrogen-bond acceptors (Lipinski definition) is 8. The number of likely N-dealkylation sites (N-methyl/N-ethyl adjacent to an activating group) is 1. The predicted molar refractivity (Wildman–Crippen MR) is 139 cm³/mol. The van der Waals surface area contributed by atoms with Gasteiger partial charge in [0.15, 0.2) is 15.5 Å². The summed E-state index contributed by atoms with van der Waals surface area (Å²) in [6.45, 7) is 3.22. The molecule has 1 aromatic heterocycles. The van der Waals surface area contributed by atoms with Gasteiger partial charge in [-0.2, -0.15) is 10.4 Å². The molecule has 4 heterocycles. The van der Waals surface area contributed by atoms with Crippen LogP contribution in [0.2, 0.25) is 0 Å². The summed E-state index contributed by atoms with van der Waals surface area (Å²) in [4.78, 5) is 44.2. The third kappa shape index (κ3) is 4.61. The van der Waals surface area contributed by atoms with Gasteiger partial charge in [-0.3, -0.25) is 19.3 Å². The van der Waals surface area contributed by atoms with Crippen molar-refractivity contribution in [1.82, 2.24) is 20.0 Å². The Labute approximate surface area is 227 Å². The highest BCUT2D eigenvalue weighted by molar-refractivity contribution is 7.91. The van der Waals surface area contributed by atoms with Crippen molar-refractivity contribution < 1.29 is 27.5 Å². The molecule has 0 bridgehead atoms. The van der Waals surface area contributed by atoms with E-state index in [4.69, 9.17) is 9.84 Å². The van der Waals surface area contributed by atoms with E-state index in [0.717, 1.165) is 25.5 Å². The maximum Gasteiger partial charge on any atom is 0.276 e. The van der Waals surface area contributed by atoms with Gasteiger partial charge in [0.2, 0.25) is 5.91 Å². The molecule has 5 atom stereocenters. The first kappa shape index (κ1) is 26.3. The van der Waals surface area contributed by atoms with Crippen LogP contribution in [0.4, 0.5) is 5.82 Å². The highest BCUT2D eigenvalue weighted by atomic mass is 32.2. The molecule has 3 amide bonds. The number of amides is 3. The second kappa shape index (κ2) is 9.59. The van der Waals surface area contributed by atoms with Gasteiger partial charge < -0.3 is 15.0 Å². The molecule has 2 aliphatic carbocycles. The molecule has 1 N–H and O–H groups in total. The van der Waals surface area contributed by atoms with Gasteiger partial charge in [0.1, 0.15) is 23.7 Å². The highest BCUT2D eigenvalue weighted by Crippen LogP contribution is 2.53. The number of nitriles is 1. The Hall–Kier alpha value is -2.98. The molecular weight excluding hydrogens is 524 g/mol. The Morgan fingerprint density at radius 3 is 2.49 bits per heavy atom. The van der Waals surface area contributed by atoms with Crippen LogP contribution in [-0.4, -0.2) is 90.7 Å². The molecule has 12 nitrogen and oxygen atoms in total. The number of sulfone groups is 1. The van der Waals surface area contributed by atoms with E-state index in [-0.39, 0.29) is 35.5 Å². The number of aromatic nitrogens is 2. The van der Waals surface area contributed by atoms with Crippen molar-refractivity contribution in [3.05, 3.63) is 11.3 Å². The lowest BCUT2D eigenvalue weighted by atomic mass is 9.82. The molecule has 0 radical (unpaired) electrons. The maximum atomic E-state index is 14.2. The lowest BCUT2D eigenvalue weighted by Gasteiger charge is -2.39. The summed E-state index contributed by atoms with van der Waals surface area (Å²) < 4.78 is 31.0. The van der Waals surface area contributed by atoms with Crippen molar-refractivity contribution in [3.8, 4) is 6.07 Å². The first-order valence-electron chi connectivity index (χ1n) is 13.8. The Bertz CT molecular complexity index is 1360. The molecule has 0 spiro atoms. The van der Waals surface area contributed by atoms with Crippen molar-refractivity contribution in [3.63, 3.8) is 0 Å². The number of carbonyl (C=O) groups excluding carboxylic acids is 3. The van der Waals surface area contributed by atoms with Crippen molar-refractivity contribution in [2.45, 2.75) is 75.5 Å². The van der Waals surface area contributed by atoms with Crippen LogP contribution in [0.15, 0.2) is 0 Å². The van der Waals surface area contributed by atoms with E-state index in [1.165, 1.54) is 0 Å². The normalized spacial score (nSPS) is 30.5. The van der Waals surface area contributed by atoms with E-state index in [0.29, 0.717) is 56.3 Å². The first-order chi connectivity index (χ1) is 18.6. The second-order valence-electron chi connectivity index (χ2n) is 11.6. The van der Waals surface area contributed by atoms with Crippen molar-refractivity contribution in [2.24, 2.45) is 11.8 Å². The Morgan fingerprint density at radius 2 is 1.87 bits per heavy atom. The van der Waals surface area contributed by atoms with E-state index >= 15 is 0 Å². The van der Waals surface area contributed by atoms with E-state index in [9.17, 15) is 28.1 Å². The van der Waals surface area contributed by atoms with Crippen molar-refractivity contribution >= 4 is 33.4 Å². The number of nitrogens with zero attached hydrogens (tertiary/aromatic N) is 5. The molecule has 1 aromatic rings. The number of likely N-dealkylation sites (tertiary alicyclic amines) is 1. The lowest BCUT2D eigenvalue weighted by Crippen LogP contribution is -2.56. The molecule has 0 unspecified atom stereocenters. The number of nitrogens with one attached hydrogen (secondary N) is 1. The van der Waals surface area contributed by atoms with Crippen LogP contribution >= 0.6 is 0 Å². The number of carbonyl (C=O) groups is 3. The number of ether oxygens (including phenoxy) is 1. The Morgan fingerprint density at radius 1 is 1.15 bits per heavy atom. The minimum Gasteiger partial charge on any atom is -0.381 e. The van der Waals surface area contributed by atoms with E-state index in [1.807, 2.05) is 11.6 Å². The largest absolute Gasteiger partial charge is 0.381 e. The summed E-state index contributed by atoms with van der Waals surface area (Å²) in [5.41, 5.74) is 0.885. The van der Waals surface area contributed by atoms with Crippen molar-refractivity contribution in [2.75, 3.05) is 36.7 Å². The number of piperidine rings is 1. The standard InChI is InChI=1S/C26H34N6O6S/c1-3-30-24-21(20(14-4-5-14)22(25(30)34)28-19(33)13-39(2,36)37)23(29-32(24)16-6-8-38-9-7-16)26(35)31-17(12-27)10-15-11-18(15)31/h14-18,20,22H,3-11,13H2,1-2H3,(H,28,33)/t15-,17-,18+,20-,22-/m0/s1. The van der Waals surface area contributed by atoms with Gasteiger partial charge >= 0.3 is 0 Å². The maximum absolute atomic E-state index is 14.2. The van der Waals surface area contributed by atoms with Crippen LogP contribution in [0, 0.1) is 23.2 Å². The number of hydrogen-bond donors (Lipinski definition) is 1. The van der Waals surface area contributed by atoms with E-state index < -0.39 is 39.5 Å². The van der Waals surface area contributed by atoms with Crippen LogP contribution in [-0.2, 0) is 24.2 Å². The van der Waals surface area contributed by atoms with Gasteiger partial charge in [-0.05, 0) is 57.3 Å². The fourth-order valence-corrected chi connectivity index (χ4v) is 7.37. The van der Waals surface area contributed by atoms with Gasteiger partial charge in [0.25, 0.3) is 11.8 Å². The molecule has 2 saturated heterocycles. The summed E-state index contributed by atoms with van der Waals surface area (Å²) in [6, 6.07) is 0.734. The molecule has 0 aromatic carbocycles. The summed E-state index contributed by atoms with van der Waals surface area (Å²) in [5, 5.41) is 17.4. The smallest absolute Gasteiger partial charge is 0.276 e. The average molecular weight is 559 g/mol. The molecule has 39 heavy (non-hydrogen) atoms. The molecule has 2 saturated carbocycles. The first-order valence-corrected chi connectivity index (χ1v) is 15.9. The predicted octanol–water partition coefficient (Wildman–Crippen LogP) is 0.751. The third-order valence-corrected chi connectivity index (χ3v) is 9.57. The van der Waals surface area contributed by atoms with E-state index in [2.05, 4.69) is 11.4 Å². The minimum atomic E-state index is -3.60. The third-order valence-electron chi connectivity index (χ3n) is 8.78. The van der Waals surface area contributed by atoms with Crippen LogP contribution in [0.25, 0.3) is 0 Å². The van der Waals surface area contributed by atoms with Crippen LogP contribution in [0.1, 0.15) is 73.5 Å². The Balaban J connectivity index is 1.48. The molecule has 13 heteroatoms. The molecule has 5 aliphatic rings. The fourth-order valence-electron chi connectivity index (χ4n) is 6.81. The second-order valence-corrected chi connectivity index (χ2v) is 13.7. The van der Waals surface area contributed by atoms with Crippen LogP contribution < -0.4 is 10.2 Å². The molecule has 4 fully saturated rings. The zero-order valence-corrected chi connectivity index (χ0v) is 23.0. The Kier molecular flexibility index (Phi) is 6.45. The molecule has 210 valence electrons. The zero-order chi connectivity index (χ0) is 27.6. The fraction of sp³-hybridized carbons (Fsp3) is 0.731. The zero-order valence-electron chi connectivity index (χ0n) is 22.2. The van der Waals surface area contributed by atoms with Crippen molar-refractivity contribution in [1.29, 1.82) is 5.26 Å². The highest BCUT2D eigenvalue weighted by Gasteiger charge is 2.57. The number of rotatable bonds is 7. The monoisotopic (exact) mass is 558 g/mol. The SMILES string of the molecule is CCN1C(=O)[C@@H](NC(=O)CS(C)(=O)=O)[C@@H](C2CC2)c2c(C(=O)N3[C@H](C#N)C[C@H]4C[C@H]43)nn(C3CCOCC3)c21. The number of fused-ring (bicyclic) bond motifs is 2. The minimum absolute atomic E-state index is 0.0307.